The molecule has 1 amide bonds. The van der Waals surface area contributed by atoms with Crippen molar-refractivity contribution in [3.8, 4) is 5.75 Å². The van der Waals surface area contributed by atoms with Crippen molar-refractivity contribution in [2.45, 2.75) is 37.8 Å². The average molecular weight is 395 g/mol. The Bertz CT molecular complexity index is 818. The van der Waals surface area contributed by atoms with E-state index in [2.05, 4.69) is 34.6 Å². The number of amides is 1. The molecule has 2 atom stereocenters. The van der Waals surface area contributed by atoms with Crippen molar-refractivity contribution in [1.29, 1.82) is 0 Å². The van der Waals surface area contributed by atoms with E-state index < -0.39 is 0 Å². The number of nitrogens with zero attached hydrogens (tertiary/aromatic N) is 2. The van der Waals surface area contributed by atoms with Crippen LogP contribution in [0.4, 0.5) is 0 Å². The number of hydrogen-bond acceptors (Lipinski definition) is 5. The molecule has 154 valence electrons. The number of pyridine rings is 1. The van der Waals surface area contributed by atoms with E-state index in [1.165, 1.54) is 18.5 Å². The second-order valence-electron chi connectivity index (χ2n) is 8.12. The third kappa shape index (κ3) is 5.14. The Morgan fingerprint density at radius 3 is 2.69 bits per heavy atom. The van der Waals surface area contributed by atoms with Crippen molar-refractivity contribution in [1.82, 2.24) is 20.5 Å². The lowest BCUT2D eigenvalue weighted by molar-refractivity contribution is 0.0963. The lowest BCUT2D eigenvalue weighted by Crippen LogP contribution is -2.50. The lowest BCUT2D eigenvalue weighted by atomic mass is 10.1. The number of rotatable bonds is 7. The number of carbonyl (C=O) groups excluding carboxylic acids is 1. The highest BCUT2D eigenvalue weighted by Crippen LogP contribution is 2.39. The highest BCUT2D eigenvalue weighted by Gasteiger charge is 2.26. The standard InChI is InChI=1S/C23H30N4O2/c1-16-14-27(12-11-25-16)15-22(19-7-10-21(26-13-19)17-3-4-17)29-20-8-5-18(6-9-20)23(28)24-2/h5-10,13,16-17,22,25H,3-4,11-12,14-15H2,1-2H3,(H,24,28)/t16-,22?/m1/s1. The van der Waals surface area contributed by atoms with Crippen LogP contribution in [0.3, 0.4) is 0 Å². The van der Waals surface area contributed by atoms with Crippen molar-refractivity contribution in [3.63, 3.8) is 0 Å². The maximum Gasteiger partial charge on any atom is 0.251 e. The van der Waals surface area contributed by atoms with Crippen LogP contribution in [0.2, 0.25) is 0 Å². The molecule has 1 aliphatic heterocycles. The van der Waals surface area contributed by atoms with E-state index in [9.17, 15) is 4.79 Å². The van der Waals surface area contributed by atoms with Crippen molar-refractivity contribution >= 4 is 5.91 Å². The SMILES string of the molecule is CNC(=O)c1ccc(OC(CN2CCN[C@H](C)C2)c2ccc(C3CC3)nc2)cc1. The third-order valence-electron chi connectivity index (χ3n) is 5.68. The molecule has 0 bridgehead atoms. The van der Waals surface area contributed by atoms with Crippen LogP contribution >= 0.6 is 0 Å². The summed E-state index contributed by atoms with van der Waals surface area (Å²) in [6.45, 7) is 6.03. The van der Waals surface area contributed by atoms with Gasteiger partial charge in [0.2, 0.25) is 0 Å². The molecule has 6 heteroatoms. The maximum atomic E-state index is 11.8. The van der Waals surface area contributed by atoms with Crippen LogP contribution in [0, 0.1) is 0 Å². The molecule has 2 heterocycles. The second kappa shape index (κ2) is 8.93. The Morgan fingerprint density at radius 1 is 1.28 bits per heavy atom. The molecule has 2 aromatic rings. The fourth-order valence-corrected chi connectivity index (χ4v) is 3.84. The highest BCUT2D eigenvalue weighted by atomic mass is 16.5. The molecule has 1 saturated heterocycles. The number of aromatic nitrogens is 1. The Morgan fingerprint density at radius 2 is 2.07 bits per heavy atom. The molecule has 29 heavy (non-hydrogen) atoms. The molecule has 1 aromatic heterocycles. The van der Waals surface area contributed by atoms with E-state index in [1.54, 1.807) is 19.2 Å². The molecule has 2 N–H and O–H groups in total. The summed E-state index contributed by atoms with van der Waals surface area (Å²) >= 11 is 0. The van der Waals surface area contributed by atoms with E-state index in [4.69, 9.17) is 9.72 Å². The minimum atomic E-state index is -0.105. The summed E-state index contributed by atoms with van der Waals surface area (Å²) in [5, 5.41) is 6.14. The number of carbonyl (C=O) groups is 1. The maximum absolute atomic E-state index is 11.8. The van der Waals surface area contributed by atoms with Gasteiger partial charge in [-0.25, -0.2) is 0 Å². The summed E-state index contributed by atoms with van der Waals surface area (Å²) in [6.07, 6.45) is 4.38. The smallest absolute Gasteiger partial charge is 0.251 e. The van der Waals surface area contributed by atoms with E-state index in [1.807, 2.05) is 18.3 Å². The normalized spacial score (nSPS) is 20.8. The third-order valence-corrected chi connectivity index (χ3v) is 5.68. The summed E-state index contributed by atoms with van der Waals surface area (Å²) in [5.41, 5.74) is 2.91. The van der Waals surface area contributed by atoms with Crippen LogP contribution in [0.15, 0.2) is 42.6 Å². The zero-order valence-corrected chi connectivity index (χ0v) is 17.2. The van der Waals surface area contributed by atoms with Gasteiger partial charge >= 0.3 is 0 Å². The van der Waals surface area contributed by atoms with Crippen molar-refractivity contribution in [2.24, 2.45) is 0 Å². The van der Waals surface area contributed by atoms with Gasteiger partial charge in [0.05, 0.1) is 0 Å². The first-order valence-electron chi connectivity index (χ1n) is 10.5. The van der Waals surface area contributed by atoms with Crippen LogP contribution in [-0.2, 0) is 0 Å². The van der Waals surface area contributed by atoms with E-state index in [0.717, 1.165) is 37.5 Å². The predicted molar refractivity (Wildman–Crippen MR) is 113 cm³/mol. The molecule has 1 aromatic carbocycles. The Hall–Kier alpha value is -2.44. The van der Waals surface area contributed by atoms with Crippen LogP contribution < -0.4 is 15.4 Å². The topological polar surface area (TPSA) is 66.5 Å². The van der Waals surface area contributed by atoms with Crippen LogP contribution in [0.1, 0.15) is 53.4 Å². The Kier molecular flexibility index (Phi) is 6.11. The molecule has 1 aliphatic carbocycles. The fraction of sp³-hybridized carbons (Fsp3) is 0.478. The molecule has 4 rings (SSSR count). The summed E-state index contributed by atoms with van der Waals surface area (Å²) in [7, 11) is 1.63. The van der Waals surface area contributed by atoms with Gasteiger partial charge in [0, 0.05) is 68.2 Å². The summed E-state index contributed by atoms with van der Waals surface area (Å²) in [4.78, 5) is 18.9. The Balaban J connectivity index is 1.51. The monoisotopic (exact) mass is 394 g/mol. The van der Waals surface area contributed by atoms with Gasteiger partial charge in [-0.15, -0.1) is 0 Å². The lowest BCUT2D eigenvalue weighted by Gasteiger charge is -2.34. The van der Waals surface area contributed by atoms with Gasteiger partial charge in [-0.05, 0) is 50.1 Å². The van der Waals surface area contributed by atoms with Gasteiger partial charge in [-0.3, -0.25) is 14.7 Å². The van der Waals surface area contributed by atoms with Crippen molar-refractivity contribution in [3.05, 3.63) is 59.4 Å². The molecule has 1 unspecified atom stereocenters. The van der Waals surface area contributed by atoms with Crippen LogP contribution in [-0.4, -0.2) is 55.1 Å². The molecule has 0 radical (unpaired) electrons. The number of ether oxygens (including phenoxy) is 1. The van der Waals surface area contributed by atoms with Gasteiger partial charge in [-0.2, -0.15) is 0 Å². The minimum Gasteiger partial charge on any atom is -0.484 e. The summed E-state index contributed by atoms with van der Waals surface area (Å²) in [5.74, 6) is 1.31. The van der Waals surface area contributed by atoms with E-state index in [-0.39, 0.29) is 12.0 Å². The predicted octanol–water partition coefficient (Wildman–Crippen LogP) is 2.73. The zero-order chi connectivity index (χ0) is 20.2. The summed E-state index contributed by atoms with van der Waals surface area (Å²) < 4.78 is 6.39. The van der Waals surface area contributed by atoms with Crippen molar-refractivity contribution in [2.75, 3.05) is 33.2 Å². The molecule has 2 fully saturated rings. The van der Waals surface area contributed by atoms with E-state index >= 15 is 0 Å². The summed E-state index contributed by atoms with van der Waals surface area (Å²) in [6, 6.07) is 12.1. The van der Waals surface area contributed by atoms with Crippen LogP contribution in [0.25, 0.3) is 0 Å². The van der Waals surface area contributed by atoms with Gasteiger partial charge in [0.15, 0.2) is 0 Å². The van der Waals surface area contributed by atoms with Gasteiger partial charge < -0.3 is 15.4 Å². The van der Waals surface area contributed by atoms with E-state index in [0.29, 0.717) is 17.5 Å². The minimum absolute atomic E-state index is 0.0947. The number of hydrogen-bond donors (Lipinski definition) is 2. The Labute approximate surface area is 172 Å². The quantitative estimate of drug-likeness (QED) is 0.756. The van der Waals surface area contributed by atoms with Gasteiger partial charge in [-0.1, -0.05) is 6.07 Å². The molecule has 2 aliphatic rings. The van der Waals surface area contributed by atoms with Crippen molar-refractivity contribution < 1.29 is 9.53 Å². The van der Waals surface area contributed by atoms with Gasteiger partial charge in [0.25, 0.3) is 5.91 Å². The first kappa shape index (κ1) is 19.9. The fourth-order valence-electron chi connectivity index (χ4n) is 3.84. The zero-order valence-electron chi connectivity index (χ0n) is 17.2. The van der Waals surface area contributed by atoms with Gasteiger partial charge in [0.1, 0.15) is 11.9 Å². The average Bonchev–Trinajstić information content (AvgIpc) is 3.59. The first-order valence-corrected chi connectivity index (χ1v) is 10.5. The first-order chi connectivity index (χ1) is 14.1. The molecular weight excluding hydrogens is 364 g/mol. The molecule has 6 nitrogen and oxygen atoms in total. The highest BCUT2D eigenvalue weighted by molar-refractivity contribution is 5.94. The number of nitrogens with one attached hydrogen (secondary N) is 2. The second-order valence-corrected chi connectivity index (χ2v) is 8.12. The largest absolute Gasteiger partial charge is 0.484 e. The number of piperazine rings is 1. The molecule has 0 spiro atoms. The molecular formula is C23H30N4O2. The number of benzene rings is 1. The van der Waals surface area contributed by atoms with Crippen LogP contribution in [0.5, 0.6) is 5.75 Å². The molecule has 1 saturated carbocycles.